The van der Waals surface area contributed by atoms with Crippen molar-refractivity contribution in [3.63, 3.8) is 0 Å². The van der Waals surface area contributed by atoms with Crippen LogP contribution in [0.1, 0.15) is 31.2 Å². The first-order valence-corrected chi connectivity index (χ1v) is 12.5. The molecule has 6 nitrogen and oxygen atoms in total. The van der Waals surface area contributed by atoms with Crippen LogP contribution in [-0.4, -0.2) is 27.5 Å². The van der Waals surface area contributed by atoms with E-state index in [0.717, 1.165) is 39.1 Å². The van der Waals surface area contributed by atoms with Crippen LogP contribution in [0.5, 0.6) is 0 Å². The molecule has 3 N–H and O–H groups in total. The molecule has 0 aliphatic rings. The Morgan fingerprint density at radius 1 is 1.00 bits per heavy atom. The standard InChI is InChI=1S/C28H29N5OS/c1-28(2,3)25-22(20-11-14-34-17-20)23-24(35-25)27(33-26(32-23)19-9-12-30-13-10-19)31-16-21(29)15-18-7-5-4-6-8-18/h4-14,17,21H,15-16,29H2,1-3H3,(H,31,32,33). The van der Waals surface area contributed by atoms with E-state index in [1.807, 2.05) is 36.4 Å². The molecule has 1 unspecified atom stereocenters. The molecule has 1 atom stereocenters. The van der Waals surface area contributed by atoms with Crippen LogP contribution in [0.3, 0.4) is 0 Å². The summed E-state index contributed by atoms with van der Waals surface area (Å²) in [6, 6.07) is 16.1. The average molecular weight is 484 g/mol. The number of rotatable bonds is 7. The first-order chi connectivity index (χ1) is 16.9. The third kappa shape index (κ3) is 4.97. The zero-order valence-corrected chi connectivity index (χ0v) is 21.0. The summed E-state index contributed by atoms with van der Waals surface area (Å²) in [5, 5.41) is 3.55. The number of pyridine rings is 1. The van der Waals surface area contributed by atoms with Crippen LogP contribution in [0, 0.1) is 0 Å². The number of fused-ring (bicyclic) bond motifs is 1. The molecule has 0 spiro atoms. The molecule has 0 saturated carbocycles. The topological polar surface area (TPSA) is 89.9 Å². The van der Waals surface area contributed by atoms with Crippen LogP contribution >= 0.6 is 11.3 Å². The molecule has 0 amide bonds. The van der Waals surface area contributed by atoms with Crippen LogP contribution in [0.15, 0.2) is 77.9 Å². The molecule has 0 aliphatic carbocycles. The second kappa shape index (κ2) is 9.60. The van der Waals surface area contributed by atoms with Crippen LogP contribution < -0.4 is 11.1 Å². The van der Waals surface area contributed by atoms with Gasteiger partial charge in [-0.1, -0.05) is 51.1 Å². The first-order valence-electron chi connectivity index (χ1n) is 11.7. The molecule has 0 aliphatic heterocycles. The van der Waals surface area contributed by atoms with Crippen molar-refractivity contribution in [2.45, 2.75) is 38.6 Å². The summed E-state index contributed by atoms with van der Waals surface area (Å²) in [5.74, 6) is 1.46. The van der Waals surface area contributed by atoms with Crippen LogP contribution in [-0.2, 0) is 11.8 Å². The molecule has 5 rings (SSSR count). The quantitative estimate of drug-likeness (QED) is 0.283. The molecule has 5 aromatic rings. The minimum absolute atomic E-state index is 0.0535. The van der Waals surface area contributed by atoms with E-state index in [1.165, 1.54) is 10.4 Å². The van der Waals surface area contributed by atoms with Gasteiger partial charge < -0.3 is 15.5 Å². The highest BCUT2D eigenvalue weighted by Gasteiger charge is 2.28. The van der Waals surface area contributed by atoms with E-state index >= 15 is 0 Å². The molecule has 0 bridgehead atoms. The second-order valence-electron chi connectivity index (χ2n) is 9.71. The summed E-state index contributed by atoms with van der Waals surface area (Å²) in [4.78, 5) is 15.4. The number of nitrogens with two attached hydrogens (primary N) is 1. The zero-order chi connectivity index (χ0) is 24.4. The molecule has 0 saturated heterocycles. The highest BCUT2D eigenvalue weighted by atomic mass is 32.1. The van der Waals surface area contributed by atoms with Crippen molar-refractivity contribution in [2.24, 2.45) is 5.73 Å². The third-order valence-corrected chi connectivity index (χ3v) is 7.45. The van der Waals surface area contributed by atoms with E-state index in [0.29, 0.717) is 12.4 Å². The smallest absolute Gasteiger partial charge is 0.162 e. The Labute approximate surface area is 209 Å². The number of aromatic nitrogens is 3. The number of nitrogens with zero attached hydrogens (tertiary/aromatic N) is 3. The number of furan rings is 1. The van der Waals surface area contributed by atoms with Crippen molar-refractivity contribution in [1.29, 1.82) is 0 Å². The summed E-state index contributed by atoms with van der Waals surface area (Å²) in [6.45, 7) is 7.27. The van der Waals surface area contributed by atoms with E-state index < -0.39 is 0 Å². The molecule has 0 fully saturated rings. The van der Waals surface area contributed by atoms with Gasteiger partial charge in [0.2, 0.25) is 0 Å². The summed E-state index contributed by atoms with van der Waals surface area (Å²) in [7, 11) is 0. The Morgan fingerprint density at radius 3 is 2.46 bits per heavy atom. The fourth-order valence-electron chi connectivity index (χ4n) is 4.15. The monoisotopic (exact) mass is 483 g/mol. The number of anilines is 1. The second-order valence-corrected chi connectivity index (χ2v) is 10.7. The van der Waals surface area contributed by atoms with Crippen molar-refractivity contribution in [2.75, 3.05) is 11.9 Å². The maximum atomic E-state index is 6.51. The lowest BCUT2D eigenvalue weighted by atomic mass is 9.89. The predicted molar refractivity (Wildman–Crippen MR) is 144 cm³/mol. The molecule has 4 aromatic heterocycles. The Bertz CT molecular complexity index is 1410. The van der Waals surface area contributed by atoms with Gasteiger partial charge in [0.15, 0.2) is 5.82 Å². The molecule has 1 aromatic carbocycles. The van der Waals surface area contributed by atoms with Gasteiger partial charge in [0.1, 0.15) is 5.82 Å². The maximum Gasteiger partial charge on any atom is 0.162 e. The fourth-order valence-corrected chi connectivity index (χ4v) is 5.43. The molecule has 178 valence electrons. The molecule has 35 heavy (non-hydrogen) atoms. The Balaban J connectivity index is 1.60. The average Bonchev–Trinajstić information content (AvgIpc) is 3.51. The summed E-state index contributed by atoms with van der Waals surface area (Å²) in [5.41, 5.74) is 11.6. The molecule has 7 heteroatoms. The lowest BCUT2D eigenvalue weighted by Gasteiger charge is -2.18. The first kappa shape index (κ1) is 23.2. The van der Waals surface area contributed by atoms with Gasteiger partial charge in [-0.25, -0.2) is 9.97 Å². The van der Waals surface area contributed by atoms with Crippen LogP contribution in [0.25, 0.3) is 32.7 Å². The Kier molecular flexibility index (Phi) is 6.36. The third-order valence-electron chi connectivity index (χ3n) is 5.84. The van der Waals surface area contributed by atoms with Gasteiger partial charge in [0, 0.05) is 46.5 Å². The van der Waals surface area contributed by atoms with E-state index in [9.17, 15) is 0 Å². The van der Waals surface area contributed by atoms with E-state index in [-0.39, 0.29) is 11.5 Å². The maximum absolute atomic E-state index is 6.51. The van der Waals surface area contributed by atoms with Gasteiger partial charge >= 0.3 is 0 Å². The van der Waals surface area contributed by atoms with Gasteiger partial charge in [-0.05, 0) is 35.6 Å². The highest BCUT2D eigenvalue weighted by molar-refractivity contribution is 7.20. The molecule has 0 radical (unpaired) electrons. The van der Waals surface area contributed by atoms with Crippen molar-refractivity contribution in [1.82, 2.24) is 15.0 Å². The van der Waals surface area contributed by atoms with Gasteiger partial charge in [-0.3, -0.25) is 4.98 Å². The predicted octanol–water partition coefficient (Wildman–Crippen LogP) is 6.29. The van der Waals surface area contributed by atoms with Gasteiger partial charge in [-0.15, -0.1) is 11.3 Å². The van der Waals surface area contributed by atoms with Crippen LogP contribution in [0.2, 0.25) is 0 Å². The SMILES string of the molecule is CC(C)(C)c1sc2c(NCC(N)Cc3ccccc3)nc(-c3ccncc3)nc2c1-c1ccoc1. The Hall–Kier alpha value is -3.55. The van der Waals surface area contributed by atoms with E-state index in [4.69, 9.17) is 20.1 Å². The minimum atomic E-state index is -0.0736. The lowest BCUT2D eigenvalue weighted by Crippen LogP contribution is -2.31. The van der Waals surface area contributed by atoms with Crippen molar-refractivity contribution in [3.05, 3.63) is 83.9 Å². The normalized spacial score (nSPS) is 12.7. The summed E-state index contributed by atoms with van der Waals surface area (Å²) < 4.78 is 6.48. The van der Waals surface area contributed by atoms with E-state index in [2.05, 4.69) is 43.2 Å². The Morgan fingerprint density at radius 2 is 1.77 bits per heavy atom. The van der Waals surface area contributed by atoms with Crippen molar-refractivity contribution >= 4 is 27.4 Å². The van der Waals surface area contributed by atoms with Gasteiger partial charge in [-0.2, -0.15) is 0 Å². The van der Waals surface area contributed by atoms with Gasteiger partial charge in [0.05, 0.1) is 22.7 Å². The molecular weight excluding hydrogens is 454 g/mol. The van der Waals surface area contributed by atoms with Crippen LogP contribution in [0.4, 0.5) is 5.82 Å². The number of benzene rings is 1. The lowest BCUT2D eigenvalue weighted by molar-refractivity contribution is 0.567. The van der Waals surface area contributed by atoms with Crippen molar-refractivity contribution < 1.29 is 4.42 Å². The minimum Gasteiger partial charge on any atom is -0.472 e. The number of hydrogen-bond acceptors (Lipinski definition) is 7. The molecule has 4 heterocycles. The summed E-state index contributed by atoms with van der Waals surface area (Å²) >= 11 is 1.73. The van der Waals surface area contributed by atoms with E-state index in [1.54, 1.807) is 36.3 Å². The highest BCUT2D eigenvalue weighted by Crippen LogP contribution is 2.46. The number of thiophene rings is 1. The fraction of sp³-hybridized carbons (Fsp3) is 0.250. The zero-order valence-electron chi connectivity index (χ0n) is 20.2. The number of nitrogens with one attached hydrogen (secondary N) is 1. The molecular formula is C28H29N5OS. The number of hydrogen-bond donors (Lipinski definition) is 2. The van der Waals surface area contributed by atoms with Gasteiger partial charge in [0.25, 0.3) is 0 Å². The summed E-state index contributed by atoms with van der Waals surface area (Å²) in [6.07, 6.45) is 7.80. The van der Waals surface area contributed by atoms with Crippen molar-refractivity contribution in [3.8, 4) is 22.5 Å². The largest absolute Gasteiger partial charge is 0.472 e.